The van der Waals surface area contributed by atoms with E-state index in [1.807, 2.05) is 0 Å². The molecule has 0 amide bonds. The van der Waals surface area contributed by atoms with Crippen molar-refractivity contribution in [3.63, 3.8) is 0 Å². The molecule has 1 aliphatic carbocycles. The minimum atomic E-state index is 0.445. The summed E-state index contributed by atoms with van der Waals surface area (Å²) in [6.45, 7) is 12.8. The molecule has 102 valence electrons. The summed E-state index contributed by atoms with van der Waals surface area (Å²) >= 11 is 0. The van der Waals surface area contributed by atoms with Crippen LogP contribution >= 0.6 is 0 Å². The Labute approximate surface area is 108 Å². The molecule has 0 heterocycles. The third kappa shape index (κ3) is 3.23. The average molecular weight is 240 g/mol. The Bertz CT molecular complexity index is 221. The van der Waals surface area contributed by atoms with E-state index in [-0.39, 0.29) is 0 Å². The summed E-state index contributed by atoms with van der Waals surface area (Å²) in [5.41, 5.74) is 0.445. The van der Waals surface area contributed by atoms with Gasteiger partial charge < -0.3 is 5.32 Å². The first-order valence-corrected chi connectivity index (χ1v) is 7.43. The summed E-state index contributed by atoms with van der Waals surface area (Å²) in [6.07, 6.45) is 5.23. The molecule has 0 radical (unpaired) electrons. The van der Waals surface area contributed by atoms with Crippen LogP contribution in [0.1, 0.15) is 60.3 Å². The van der Waals surface area contributed by atoms with Crippen molar-refractivity contribution in [1.82, 2.24) is 10.2 Å². The van der Waals surface area contributed by atoms with Gasteiger partial charge in [-0.25, -0.2) is 0 Å². The molecular weight excluding hydrogens is 208 g/mol. The highest BCUT2D eigenvalue weighted by Crippen LogP contribution is 2.40. The van der Waals surface area contributed by atoms with Gasteiger partial charge in [-0.05, 0) is 44.7 Å². The topological polar surface area (TPSA) is 15.3 Å². The van der Waals surface area contributed by atoms with Gasteiger partial charge in [0.15, 0.2) is 0 Å². The van der Waals surface area contributed by atoms with Crippen molar-refractivity contribution in [2.24, 2.45) is 5.41 Å². The number of rotatable bonds is 6. The van der Waals surface area contributed by atoms with E-state index >= 15 is 0 Å². The molecule has 0 saturated heterocycles. The molecule has 17 heavy (non-hydrogen) atoms. The smallest absolute Gasteiger partial charge is 0.0274 e. The fraction of sp³-hybridized carbons (Fsp3) is 1.00. The van der Waals surface area contributed by atoms with Gasteiger partial charge in [0.25, 0.3) is 0 Å². The molecule has 1 aliphatic rings. The van der Waals surface area contributed by atoms with Crippen molar-refractivity contribution in [3.05, 3.63) is 0 Å². The first-order valence-electron chi connectivity index (χ1n) is 7.43. The molecule has 0 spiro atoms. The lowest BCUT2D eigenvalue weighted by atomic mass is 9.86. The average Bonchev–Trinajstić information content (AvgIpc) is 2.57. The maximum Gasteiger partial charge on any atom is 0.0274 e. The summed E-state index contributed by atoms with van der Waals surface area (Å²) in [7, 11) is 2.33. The Balaban J connectivity index is 2.75. The zero-order chi connectivity index (χ0) is 13.1. The molecule has 2 nitrogen and oxygen atoms in total. The highest BCUT2D eigenvalue weighted by Gasteiger charge is 2.43. The molecule has 1 saturated carbocycles. The molecule has 0 aromatic heterocycles. The predicted molar refractivity (Wildman–Crippen MR) is 76.4 cm³/mol. The maximum absolute atomic E-state index is 3.73. The van der Waals surface area contributed by atoms with Gasteiger partial charge in [-0.15, -0.1) is 0 Å². The molecule has 1 rings (SSSR count). The Morgan fingerprint density at radius 2 is 1.82 bits per heavy atom. The Morgan fingerprint density at radius 3 is 2.29 bits per heavy atom. The minimum Gasteiger partial charge on any atom is -0.312 e. The first-order chi connectivity index (χ1) is 7.97. The van der Waals surface area contributed by atoms with E-state index < -0.39 is 0 Å². The van der Waals surface area contributed by atoms with E-state index in [0.29, 0.717) is 11.5 Å². The SMILES string of the molecule is CCNC1C(N(C)C(CC)CC)CCC1(C)C. The van der Waals surface area contributed by atoms with Gasteiger partial charge in [0, 0.05) is 18.1 Å². The molecule has 0 aromatic carbocycles. The molecule has 1 fully saturated rings. The molecule has 0 bridgehead atoms. The van der Waals surface area contributed by atoms with E-state index in [2.05, 4.69) is 51.9 Å². The minimum absolute atomic E-state index is 0.445. The Morgan fingerprint density at radius 1 is 1.24 bits per heavy atom. The summed E-state index contributed by atoms with van der Waals surface area (Å²) in [4.78, 5) is 2.64. The van der Waals surface area contributed by atoms with Gasteiger partial charge in [-0.2, -0.15) is 0 Å². The fourth-order valence-corrected chi connectivity index (χ4v) is 3.57. The monoisotopic (exact) mass is 240 g/mol. The summed E-state index contributed by atoms with van der Waals surface area (Å²) in [5, 5.41) is 3.73. The van der Waals surface area contributed by atoms with Crippen molar-refractivity contribution in [3.8, 4) is 0 Å². The zero-order valence-electron chi connectivity index (χ0n) is 12.7. The predicted octanol–water partition coefficient (Wildman–Crippen LogP) is 3.27. The van der Waals surface area contributed by atoms with Gasteiger partial charge in [0.05, 0.1) is 0 Å². The first kappa shape index (κ1) is 15.0. The third-order valence-electron chi connectivity index (χ3n) is 4.78. The lowest BCUT2D eigenvalue weighted by Gasteiger charge is -2.39. The van der Waals surface area contributed by atoms with Crippen molar-refractivity contribution in [2.75, 3.05) is 13.6 Å². The van der Waals surface area contributed by atoms with Crippen LogP contribution in [-0.2, 0) is 0 Å². The van der Waals surface area contributed by atoms with Crippen LogP contribution in [0.3, 0.4) is 0 Å². The molecule has 1 N–H and O–H groups in total. The van der Waals surface area contributed by atoms with E-state index in [1.54, 1.807) is 0 Å². The van der Waals surface area contributed by atoms with Crippen LogP contribution in [0.15, 0.2) is 0 Å². The molecule has 2 unspecified atom stereocenters. The van der Waals surface area contributed by atoms with Crippen LogP contribution in [-0.4, -0.2) is 36.6 Å². The van der Waals surface area contributed by atoms with Gasteiger partial charge in [-0.3, -0.25) is 4.90 Å². The lowest BCUT2D eigenvalue weighted by molar-refractivity contribution is 0.123. The number of hydrogen-bond acceptors (Lipinski definition) is 2. The number of likely N-dealkylation sites (N-methyl/N-ethyl adjacent to an activating group) is 2. The second-order valence-corrected chi connectivity index (χ2v) is 6.27. The van der Waals surface area contributed by atoms with Gasteiger partial charge in [-0.1, -0.05) is 34.6 Å². The van der Waals surface area contributed by atoms with Crippen LogP contribution in [0.2, 0.25) is 0 Å². The third-order valence-corrected chi connectivity index (χ3v) is 4.78. The van der Waals surface area contributed by atoms with Crippen molar-refractivity contribution in [1.29, 1.82) is 0 Å². The van der Waals surface area contributed by atoms with Crippen molar-refractivity contribution < 1.29 is 0 Å². The van der Waals surface area contributed by atoms with Gasteiger partial charge in [0.1, 0.15) is 0 Å². The second kappa shape index (κ2) is 6.19. The van der Waals surface area contributed by atoms with Crippen LogP contribution < -0.4 is 5.32 Å². The molecule has 2 heteroatoms. The fourth-order valence-electron chi connectivity index (χ4n) is 3.57. The largest absolute Gasteiger partial charge is 0.312 e. The Hall–Kier alpha value is -0.0800. The molecule has 0 aromatic rings. The van der Waals surface area contributed by atoms with Crippen molar-refractivity contribution >= 4 is 0 Å². The van der Waals surface area contributed by atoms with Crippen LogP contribution in [0.25, 0.3) is 0 Å². The van der Waals surface area contributed by atoms with E-state index in [0.717, 1.165) is 18.6 Å². The normalized spacial score (nSPS) is 28.2. The second-order valence-electron chi connectivity index (χ2n) is 6.27. The quantitative estimate of drug-likeness (QED) is 0.766. The zero-order valence-corrected chi connectivity index (χ0v) is 12.7. The van der Waals surface area contributed by atoms with E-state index in [4.69, 9.17) is 0 Å². The Kier molecular flexibility index (Phi) is 5.46. The van der Waals surface area contributed by atoms with Crippen LogP contribution in [0.4, 0.5) is 0 Å². The van der Waals surface area contributed by atoms with Gasteiger partial charge >= 0.3 is 0 Å². The maximum atomic E-state index is 3.73. The molecular formula is C15H32N2. The van der Waals surface area contributed by atoms with Crippen LogP contribution in [0, 0.1) is 5.41 Å². The summed E-state index contributed by atoms with van der Waals surface area (Å²) in [5.74, 6) is 0. The molecule has 2 atom stereocenters. The summed E-state index contributed by atoms with van der Waals surface area (Å²) in [6, 6.07) is 2.11. The van der Waals surface area contributed by atoms with E-state index in [1.165, 1.54) is 25.7 Å². The van der Waals surface area contributed by atoms with Crippen molar-refractivity contribution in [2.45, 2.75) is 78.4 Å². The van der Waals surface area contributed by atoms with Gasteiger partial charge in [0.2, 0.25) is 0 Å². The highest BCUT2D eigenvalue weighted by molar-refractivity contribution is 5.01. The standard InChI is InChI=1S/C15H32N2/c1-7-12(8-2)17(6)13-10-11-15(4,5)14(13)16-9-3/h12-14,16H,7-11H2,1-6H3. The highest BCUT2D eigenvalue weighted by atomic mass is 15.2. The van der Waals surface area contributed by atoms with E-state index in [9.17, 15) is 0 Å². The lowest BCUT2D eigenvalue weighted by Crippen LogP contribution is -2.53. The van der Waals surface area contributed by atoms with Crippen LogP contribution in [0.5, 0.6) is 0 Å². The molecule has 0 aliphatic heterocycles. The number of hydrogen-bond donors (Lipinski definition) is 1. The number of nitrogens with one attached hydrogen (secondary N) is 1. The summed E-state index contributed by atoms with van der Waals surface area (Å²) < 4.78 is 0. The number of nitrogens with zero attached hydrogens (tertiary/aromatic N) is 1.